The van der Waals surface area contributed by atoms with E-state index in [4.69, 9.17) is 0 Å². The summed E-state index contributed by atoms with van der Waals surface area (Å²) < 4.78 is 0. The molecule has 0 radical (unpaired) electrons. The minimum absolute atomic E-state index is 0.639. The van der Waals surface area contributed by atoms with Crippen molar-refractivity contribution in [1.29, 1.82) is 0 Å². The summed E-state index contributed by atoms with van der Waals surface area (Å²) in [5.74, 6) is 0. The molecule has 0 rings (SSSR count). The van der Waals surface area contributed by atoms with E-state index in [9.17, 15) is 0 Å². The molecular weight excluding hydrogens is 308 g/mol. The normalized spacial score (nSPS) is 13.9. The fraction of sp³-hybridized carbons (Fsp3) is 1.00. The van der Waals surface area contributed by atoms with Crippen molar-refractivity contribution < 1.29 is 0 Å². The lowest BCUT2D eigenvalue weighted by Gasteiger charge is -2.13. The first-order valence-electron chi connectivity index (χ1n) is 11.1. The standard InChI is InChI=1S/C21H48N4/c1-5-7-17-25-21(4)14-19-23-16-12-10-8-9-11-15-22-18-13-20(3)24-6-2/h20-25H,5-19H2,1-4H3. The van der Waals surface area contributed by atoms with E-state index in [1.54, 1.807) is 0 Å². The highest BCUT2D eigenvalue weighted by molar-refractivity contribution is 4.63. The average Bonchev–Trinajstić information content (AvgIpc) is 2.59. The third kappa shape index (κ3) is 20.0. The fourth-order valence-electron chi connectivity index (χ4n) is 3.00. The molecule has 0 saturated heterocycles. The molecule has 152 valence electrons. The van der Waals surface area contributed by atoms with Gasteiger partial charge in [0.1, 0.15) is 0 Å². The van der Waals surface area contributed by atoms with E-state index in [-0.39, 0.29) is 0 Å². The Kier molecular flexibility index (Phi) is 20.0. The van der Waals surface area contributed by atoms with Gasteiger partial charge in [0.25, 0.3) is 0 Å². The summed E-state index contributed by atoms with van der Waals surface area (Å²) in [6, 6.07) is 1.28. The Hall–Kier alpha value is -0.160. The van der Waals surface area contributed by atoms with E-state index in [2.05, 4.69) is 49.0 Å². The van der Waals surface area contributed by atoms with Gasteiger partial charge in [-0.15, -0.1) is 0 Å². The summed E-state index contributed by atoms with van der Waals surface area (Å²) in [7, 11) is 0. The Balaban J connectivity index is 3.11. The van der Waals surface area contributed by atoms with Crippen LogP contribution in [0.4, 0.5) is 0 Å². The van der Waals surface area contributed by atoms with Gasteiger partial charge in [0.05, 0.1) is 0 Å². The summed E-state index contributed by atoms with van der Waals surface area (Å²) >= 11 is 0. The van der Waals surface area contributed by atoms with Crippen LogP contribution in [0.15, 0.2) is 0 Å². The quantitative estimate of drug-likeness (QED) is 0.251. The lowest BCUT2D eigenvalue weighted by atomic mass is 10.1. The van der Waals surface area contributed by atoms with Crippen LogP contribution in [0, 0.1) is 0 Å². The van der Waals surface area contributed by atoms with Crippen LogP contribution in [0.5, 0.6) is 0 Å². The molecule has 0 fully saturated rings. The molecule has 4 N–H and O–H groups in total. The van der Waals surface area contributed by atoms with Crippen LogP contribution in [0.2, 0.25) is 0 Å². The summed E-state index contributed by atoms with van der Waals surface area (Å²) in [5, 5.41) is 14.2. The van der Waals surface area contributed by atoms with Crippen LogP contribution in [-0.2, 0) is 0 Å². The Morgan fingerprint density at radius 3 is 1.60 bits per heavy atom. The predicted octanol–water partition coefficient (Wildman–Crippen LogP) is 3.67. The van der Waals surface area contributed by atoms with E-state index >= 15 is 0 Å². The van der Waals surface area contributed by atoms with E-state index in [1.807, 2.05) is 0 Å². The minimum Gasteiger partial charge on any atom is -0.317 e. The molecule has 4 heteroatoms. The van der Waals surface area contributed by atoms with Gasteiger partial charge in [0.15, 0.2) is 0 Å². The van der Waals surface area contributed by atoms with Gasteiger partial charge in [0.2, 0.25) is 0 Å². The third-order valence-corrected chi connectivity index (χ3v) is 4.79. The van der Waals surface area contributed by atoms with Gasteiger partial charge in [-0.1, -0.05) is 39.5 Å². The Morgan fingerprint density at radius 1 is 0.560 bits per heavy atom. The smallest absolute Gasteiger partial charge is 0.00508 e. The maximum atomic E-state index is 3.59. The van der Waals surface area contributed by atoms with Crippen molar-refractivity contribution in [3.05, 3.63) is 0 Å². The van der Waals surface area contributed by atoms with Crippen molar-refractivity contribution in [3.63, 3.8) is 0 Å². The third-order valence-electron chi connectivity index (χ3n) is 4.79. The second-order valence-corrected chi connectivity index (χ2v) is 7.51. The highest BCUT2D eigenvalue weighted by atomic mass is 14.9. The van der Waals surface area contributed by atoms with Crippen LogP contribution in [0.25, 0.3) is 0 Å². The van der Waals surface area contributed by atoms with Crippen LogP contribution >= 0.6 is 0 Å². The molecule has 0 bridgehead atoms. The first kappa shape index (κ1) is 24.8. The molecule has 0 saturated carbocycles. The van der Waals surface area contributed by atoms with Crippen LogP contribution in [-0.4, -0.2) is 51.4 Å². The second kappa shape index (κ2) is 20.2. The molecule has 2 unspecified atom stereocenters. The van der Waals surface area contributed by atoms with Gasteiger partial charge in [-0.25, -0.2) is 0 Å². The average molecular weight is 357 g/mol. The van der Waals surface area contributed by atoms with E-state index in [1.165, 1.54) is 77.4 Å². The molecule has 0 amide bonds. The molecule has 0 aliphatic rings. The fourth-order valence-corrected chi connectivity index (χ4v) is 3.00. The van der Waals surface area contributed by atoms with Gasteiger partial charge in [0, 0.05) is 12.1 Å². The number of rotatable bonds is 20. The van der Waals surface area contributed by atoms with Gasteiger partial charge >= 0.3 is 0 Å². The number of hydrogen-bond acceptors (Lipinski definition) is 4. The number of unbranched alkanes of at least 4 members (excludes halogenated alkanes) is 5. The Bertz CT molecular complexity index is 248. The zero-order valence-electron chi connectivity index (χ0n) is 17.8. The summed E-state index contributed by atoms with van der Waals surface area (Å²) in [5.41, 5.74) is 0. The molecule has 0 aromatic rings. The highest BCUT2D eigenvalue weighted by Crippen LogP contribution is 2.02. The largest absolute Gasteiger partial charge is 0.317 e. The molecule has 25 heavy (non-hydrogen) atoms. The van der Waals surface area contributed by atoms with Gasteiger partial charge < -0.3 is 21.3 Å². The summed E-state index contributed by atoms with van der Waals surface area (Å²) in [6.07, 6.45) is 11.8. The van der Waals surface area contributed by atoms with Crippen molar-refractivity contribution in [2.75, 3.05) is 39.3 Å². The van der Waals surface area contributed by atoms with Crippen molar-refractivity contribution in [2.24, 2.45) is 0 Å². The first-order valence-corrected chi connectivity index (χ1v) is 11.1. The maximum absolute atomic E-state index is 3.59. The monoisotopic (exact) mass is 356 g/mol. The predicted molar refractivity (Wildman–Crippen MR) is 114 cm³/mol. The lowest BCUT2D eigenvalue weighted by Crippen LogP contribution is -2.31. The molecule has 0 spiro atoms. The van der Waals surface area contributed by atoms with Crippen LogP contribution in [0.3, 0.4) is 0 Å². The SMILES string of the molecule is CCCCNC(C)CCNCCCCCCCNCCC(C)NCC. The van der Waals surface area contributed by atoms with Crippen molar-refractivity contribution in [2.45, 2.75) is 97.6 Å². The molecule has 2 atom stereocenters. The highest BCUT2D eigenvalue weighted by Gasteiger charge is 2.00. The lowest BCUT2D eigenvalue weighted by molar-refractivity contribution is 0.477. The molecule has 0 aromatic carbocycles. The summed E-state index contributed by atoms with van der Waals surface area (Å²) in [6.45, 7) is 15.9. The first-order chi connectivity index (χ1) is 12.2. The molecule has 0 aliphatic carbocycles. The van der Waals surface area contributed by atoms with Gasteiger partial charge in [-0.05, 0) is 85.2 Å². The van der Waals surface area contributed by atoms with E-state index in [0.717, 1.165) is 19.6 Å². The zero-order chi connectivity index (χ0) is 18.6. The van der Waals surface area contributed by atoms with E-state index < -0.39 is 0 Å². The van der Waals surface area contributed by atoms with Crippen LogP contribution < -0.4 is 21.3 Å². The van der Waals surface area contributed by atoms with Crippen molar-refractivity contribution >= 4 is 0 Å². The molecule has 0 heterocycles. The molecule has 0 aromatic heterocycles. The Labute approximate surface area is 158 Å². The summed E-state index contributed by atoms with van der Waals surface area (Å²) in [4.78, 5) is 0. The van der Waals surface area contributed by atoms with E-state index in [0.29, 0.717) is 12.1 Å². The van der Waals surface area contributed by atoms with Gasteiger partial charge in [-0.3, -0.25) is 0 Å². The Morgan fingerprint density at radius 2 is 1.08 bits per heavy atom. The number of nitrogens with one attached hydrogen (secondary N) is 4. The van der Waals surface area contributed by atoms with Crippen molar-refractivity contribution in [1.82, 2.24) is 21.3 Å². The molecule has 0 aliphatic heterocycles. The topological polar surface area (TPSA) is 48.1 Å². The second-order valence-electron chi connectivity index (χ2n) is 7.51. The molecule has 4 nitrogen and oxygen atoms in total. The number of hydrogen-bond donors (Lipinski definition) is 4. The zero-order valence-corrected chi connectivity index (χ0v) is 17.8. The molecular formula is C21H48N4. The van der Waals surface area contributed by atoms with Crippen molar-refractivity contribution in [3.8, 4) is 0 Å². The van der Waals surface area contributed by atoms with Crippen LogP contribution in [0.1, 0.15) is 85.5 Å². The maximum Gasteiger partial charge on any atom is 0.00508 e. The van der Waals surface area contributed by atoms with Gasteiger partial charge in [-0.2, -0.15) is 0 Å². The minimum atomic E-state index is 0.639.